The SMILES string of the molecule is Cc1ccc(-c2csc3nc(NC(=O)/C=C/c4coc5ccc(C)cc5c4=O)nn23)c(C)c1. The fourth-order valence-corrected chi connectivity index (χ4v) is 4.54. The molecule has 0 aliphatic heterocycles. The average Bonchev–Trinajstić information content (AvgIpc) is 3.34. The Kier molecular flexibility index (Phi) is 5.14. The number of carbonyl (C=O) groups is 1. The zero-order valence-corrected chi connectivity index (χ0v) is 19.1. The Balaban J connectivity index is 1.38. The summed E-state index contributed by atoms with van der Waals surface area (Å²) in [5.74, 6) is -0.242. The molecule has 0 unspecified atom stereocenters. The summed E-state index contributed by atoms with van der Waals surface area (Å²) in [6.07, 6.45) is 4.06. The number of fused-ring (bicyclic) bond motifs is 2. The van der Waals surface area contributed by atoms with Gasteiger partial charge in [-0.15, -0.1) is 16.4 Å². The average molecular weight is 457 g/mol. The molecule has 8 heteroatoms. The standard InChI is InChI=1S/C25H20N4O3S/c1-14-4-7-18(16(3)10-14)20-13-33-25-27-24(28-29(20)25)26-22(30)9-6-17-12-32-21-8-5-15(2)11-19(21)23(17)31/h4-13H,1-3H3,(H,26,28,30)/b9-6+. The first kappa shape index (κ1) is 20.8. The number of aromatic nitrogens is 3. The molecule has 164 valence electrons. The van der Waals surface area contributed by atoms with E-state index < -0.39 is 5.91 Å². The number of anilines is 1. The summed E-state index contributed by atoms with van der Waals surface area (Å²) in [5, 5.41) is 9.59. The van der Waals surface area contributed by atoms with Crippen molar-refractivity contribution in [2.75, 3.05) is 5.32 Å². The van der Waals surface area contributed by atoms with E-state index in [0.29, 0.717) is 21.5 Å². The second kappa shape index (κ2) is 8.14. The van der Waals surface area contributed by atoms with Gasteiger partial charge < -0.3 is 4.42 Å². The van der Waals surface area contributed by atoms with Crippen molar-refractivity contribution in [1.82, 2.24) is 14.6 Å². The maximum absolute atomic E-state index is 12.7. The van der Waals surface area contributed by atoms with Crippen molar-refractivity contribution in [2.45, 2.75) is 20.8 Å². The topological polar surface area (TPSA) is 89.5 Å². The number of nitrogens with zero attached hydrogens (tertiary/aromatic N) is 3. The van der Waals surface area contributed by atoms with Crippen LogP contribution in [-0.4, -0.2) is 20.5 Å². The number of amides is 1. The van der Waals surface area contributed by atoms with Crippen LogP contribution in [0.3, 0.4) is 0 Å². The normalized spacial score (nSPS) is 11.6. The smallest absolute Gasteiger partial charge is 0.250 e. The van der Waals surface area contributed by atoms with Gasteiger partial charge in [0.2, 0.25) is 4.96 Å². The van der Waals surface area contributed by atoms with E-state index in [4.69, 9.17) is 4.42 Å². The van der Waals surface area contributed by atoms with Crippen LogP contribution in [0.15, 0.2) is 63.3 Å². The summed E-state index contributed by atoms with van der Waals surface area (Å²) in [5.41, 5.74) is 5.88. The summed E-state index contributed by atoms with van der Waals surface area (Å²) < 4.78 is 7.25. The lowest BCUT2D eigenvalue weighted by Gasteiger charge is -2.05. The largest absolute Gasteiger partial charge is 0.463 e. The molecule has 5 rings (SSSR count). The van der Waals surface area contributed by atoms with Gasteiger partial charge in [0.25, 0.3) is 11.9 Å². The number of carbonyl (C=O) groups excluding carboxylic acids is 1. The Bertz CT molecular complexity index is 1620. The number of nitrogens with one attached hydrogen (secondary N) is 1. The maximum atomic E-state index is 12.7. The van der Waals surface area contributed by atoms with Crippen molar-refractivity contribution >= 4 is 45.2 Å². The van der Waals surface area contributed by atoms with Gasteiger partial charge in [-0.2, -0.15) is 4.98 Å². The van der Waals surface area contributed by atoms with E-state index in [9.17, 15) is 9.59 Å². The van der Waals surface area contributed by atoms with E-state index in [2.05, 4.69) is 47.4 Å². The van der Waals surface area contributed by atoms with Crippen molar-refractivity contribution in [3.8, 4) is 11.3 Å². The van der Waals surface area contributed by atoms with Crippen LogP contribution >= 0.6 is 11.3 Å². The molecule has 33 heavy (non-hydrogen) atoms. The fraction of sp³-hybridized carbons (Fsp3) is 0.120. The third-order valence-corrected chi connectivity index (χ3v) is 6.16. The highest BCUT2D eigenvalue weighted by atomic mass is 32.1. The van der Waals surface area contributed by atoms with Crippen molar-refractivity contribution in [2.24, 2.45) is 0 Å². The number of thiazole rings is 1. The highest BCUT2D eigenvalue weighted by Gasteiger charge is 2.14. The van der Waals surface area contributed by atoms with Crippen LogP contribution in [0.25, 0.3) is 33.3 Å². The summed E-state index contributed by atoms with van der Waals surface area (Å²) >= 11 is 1.45. The maximum Gasteiger partial charge on any atom is 0.250 e. The zero-order chi connectivity index (χ0) is 23.1. The van der Waals surface area contributed by atoms with Gasteiger partial charge in [-0.3, -0.25) is 14.9 Å². The van der Waals surface area contributed by atoms with Crippen LogP contribution in [0.2, 0.25) is 0 Å². The third-order valence-electron chi connectivity index (χ3n) is 5.34. The van der Waals surface area contributed by atoms with Crippen LogP contribution < -0.4 is 10.7 Å². The molecule has 0 fully saturated rings. The highest BCUT2D eigenvalue weighted by Crippen LogP contribution is 2.28. The Morgan fingerprint density at radius 1 is 1.12 bits per heavy atom. The van der Waals surface area contributed by atoms with Crippen LogP contribution in [0.1, 0.15) is 22.3 Å². The number of aryl methyl sites for hydroxylation is 3. The molecule has 0 aliphatic rings. The van der Waals surface area contributed by atoms with E-state index in [-0.39, 0.29) is 11.4 Å². The zero-order valence-electron chi connectivity index (χ0n) is 18.2. The molecule has 2 aromatic carbocycles. The van der Waals surface area contributed by atoms with Gasteiger partial charge in [-0.05, 0) is 44.5 Å². The molecule has 1 amide bonds. The third kappa shape index (κ3) is 3.96. The molecule has 0 saturated heterocycles. The quantitative estimate of drug-likeness (QED) is 0.378. The first-order chi connectivity index (χ1) is 15.9. The van der Waals surface area contributed by atoms with Gasteiger partial charge in [-0.1, -0.05) is 35.4 Å². The minimum atomic E-state index is -0.440. The molecule has 3 heterocycles. The van der Waals surface area contributed by atoms with Gasteiger partial charge in [0.15, 0.2) is 5.43 Å². The van der Waals surface area contributed by atoms with Gasteiger partial charge in [-0.25, -0.2) is 4.52 Å². The second-order valence-electron chi connectivity index (χ2n) is 7.91. The molecule has 0 spiro atoms. The Morgan fingerprint density at radius 2 is 1.91 bits per heavy atom. The lowest BCUT2D eigenvalue weighted by molar-refractivity contribution is -0.111. The molecular formula is C25H20N4O3S. The molecule has 0 atom stereocenters. The van der Waals surface area contributed by atoms with Crippen LogP contribution in [-0.2, 0) is 4.79 Å². The predicted octanol–water partition coefficient (Wildman–Crippen LogP) is 5.14. The summed E-state index contributed by atoms with van der Waals surface area (Å²) in [6, 6.07) is 11.6. The minimum Gasteiger partial charge on any atom is -0.463 e. The van der Waals surface area contributed by atoms with Crippen molar-refractivity contribution < 1.29 is 9.21 Å². The molecule has 5 aromatic rings. The molecule has 7 nitrogen and oxygen atoms in total. The Labute approximate surface area is 193 Å². The van der Waals surface area contributed by atoms with Crippen molar-refractivity contribution in [3.63, 3.8) is 0 Å². The fourth-order valence-electron chi connectivity index (χ4n) is 3.71. The summed E-state index contributed by atoms with van der Waals surface area (Å²) in [4.78, 5) is 30.2. The lowest BCUT2D eigenvalue weighted by atomic mass is 10.0. The first-order valence-corrected chi connectivity index (χ1v) is 11.2. The van der Waals surface area contributed by atoms with Crippen LogP contribution in [0.5, 0.6) is 0 Å². The molecule has 0 bridgehead atoms. The van der Waals surface area contributed by atoms with Gasteiger partial charge in [0, 0.05) is 17.0 Å². The van der Waals surface area contributed by atoms with Gasteiger partial charge >= 0.3 is 0 Å². The second-order valence-corrected chi connectivity index (χ2v) is 8.75. The van der Waals surface area contributed by atoms with Crippen molar-refractivity contribution in [3.05, 3.63) is 86.6 Å². The molecule has 0 radical (unpaired) electrons. The van der Waals surface area contributed by atoms with E-state index >= 15 is 0 Å². The van der Waals surface area contributed by atoms with E-state index in [1.807, 2.05) is 18.4 Å². The summed E-state index contributed by atoms with van der Waals surface area (Å²) in [7, 11) is 0. The highest BCUT2D eigenvalue weighted by molar-refractivity contribution is 7.15. The van der Waals surface area contributed by atoms with Gasteiger partial charge in [0.1, 0.15) is 11.8 Å². The van der Waals surface area contributed by atoms with E-state index in [1.54, 1.807) is 16.6 Å². The number of benzene rings is 2. The number of rotatable bonds is 4. The van der Waals surface area contributed by atoms with Crippen LogP contribution in [0, 0.1) is 20.8 Å². The molecule has 3 aromatic heterocycles. The minimum absolute atomic E-state index is 0.192. The molecule has 0 aliphatic carbocycles. The Morgan fingerprint density at radius 3 is 2.73 bits per heavy atom. The predicted molar refractivity (Wildman–Crippen MR) is 131 cm³/mol. The van der Waals surface area contributed by atoms with Gasteiger partial charge in [0.05, 0.1) is 16.6 Å². The lowest BCUT2D eigenvalue weighted by Crippen LogP contribution is -2.10. The first-order valence-electron chi connectivity index (χ1n) is 10.3. The van der Waals surface area contributed by atoms with Crippen molar-refractivity contribution in [1.29, 1.82) is 0 Å². The summed E-state index contributed by atoms with van der Waals surface area (Å²) in [6.45, 7) is 6.02. The van der Waals surface area contributed by atoms with Crippen LogP contribution in [0.4, 0.5) is 5.95 Å². The van der Waals surface area contributed by atoms with E-state index in [1.165, 1.54) is 35.3 Å². The molecular weight excluding hydrogens is 436 g/mol. The van der Waals surface area contributed by atoms with E-state index in [0.717, 1.165) is 22.4 Å². The molecule has 0 saturated carbocycles. The molecule has 1 N–H and O–H groups in total. The monoisotopic (exact) mass is 456 g/mol. The number of hydrogen-bond donors (Lipinski definition) is 1. The number of hydrogen-bond acceptors (Lipinski definition) is 6. The Hall–Kier alpha value is -4.04.